The van der Waals surface area contributed by atoms with Crippen molar-refractivity contribution in [3.05, 3.63) is 83.4 Å². The third kappa shape index (κ3) is 5.86. The topological polar surface area (TPSA) is 84.3 Å². The molecule has 2 N–H and O–H groups in total. The SMILES string of the molecule is CCO[C@H](CC(=O)NO)[C@H](Cc1ccc(Cl)cc1)c1ccc(-c2cncnc2)cc1. The molecule has 6 nitrogen and oxygen atoms in total. The van der Waals surface area contributed by atoms with Crippen molar-refractivity contribution >= 4 is 17.5 Å². The molecule has 1 heterocycles. The summed E-state index contributed by atoms with van der Waals surface area (Å²) in [5.74, 6) is -0.572. The second kappa shape index (κ2) is 10.8. The summed E-state index contributed by atoms with van der Waals surface area (Å²) in [6, 6.07) is 15.7. The lowest BCUT2D eigenvalue weighted by Crippen LogP contribution is -2.31. The first kappa shape index (κ1) is 21.9. The highest BCUT2D eigenvalue weighted by molar-refractivity contribution is 6.30. The molecule has 3 aromatic rings. The van der Waals surface area contributed by atoms with Crippen LogP contribution in [-0.2, 0) is 16.0 Å². The Bertz CT molecular complexity index is 934. The standard InChI is InChI=1S/C23H24ClN3O3/c1-2-30-22(12-23(28)27-29)21(11-16-3-9-20(24)10-4-16)18-7-5-17(6-8-18)19-13-25-15-26-14-19/h3-10,13-15,21-22,29H,2,11-12H2,1H3,(H,27,28)/t21-,22-/m1/s1. The molecule has 0 unspecified atom stereocenters. The summed E-state index contributed by atoms with van der Waals surface area (Å²) in [6.45, 7) is 2.35. The zero-order valence-corrected chi connectivity index (χ0v) is 17.4. The number of carbonyl (C=O) groups is 1. The molecule has 2 aromatic carbocycles. The van der Waals surface area contributed by atoms with Crippen molar-refractivity contribution in [2.24, 2.45) is 0 Å². The third-order valence-corrected chi connectivity index (χ3v) is 5.19. The van der Waals surface area contributed by atoms with Crippen LogP contribution in [0.1, 0.15) is 30.4 Å². The molecule has 156 valence electrons. The van der Waals surface area contributed by atoms with Crippen molar-refractivity contribution in [2.75, 3.05) is 6.61 Å². The predicted octanol–water partition coefficient (Wildman–Crippen LogP) is 4.42. The lowest BCUT2D eigenvalue weighted by molar-refractivity contribution is -0.132. The number of hydrogen-bond acceptors (Lipinski definition) is 5. The zero-order valence-electron chi connectivity index (χ0n) is 16.7. The molecule has 0 saturated carbocycles. The van der Waals surface area contributed by atoms with E-state index < -0.39 is 12.0 Å². The van der Waals surface area contributed by atoms with Crippen molar-refractivity contribution in [2.45, 2.75) is 31.8 Å². The molecule has 0 saturated heterocycles. The van der Waals surface area contributed by atoms with Gasteiger partial charge in [0.15, 0.2) is 0 Å². The van der Waals surface area contributed by atoms with Gasteiger partial charge in [-0.2, -0.15) is 0 Å². The van der Waals surface area contributed by atoms with Crippen LogP contribution < -0.4 is 5.48 Å². The van der Waals surface area contributed by atoms with Crippen LogP contribution in [0.25, 0.3) is 11.1 Å². The van der Waals surface area contributed by atoms with Crippen molar-refractivity contribution < 1.29 is 14.7 Å². The summed E-state index contributed by atoms with van der Waals surface area (Å²) in [7, 11) is 0. The Morgan fingerprint density at radius 3 is 2.33 bits per heavy atom. The van der Waals surface area contributed by atoms with E-state index in [1.165, 1.54) is 6.33 Å². The normalized spacial score (nSPS) is 12.9. The van der Waals surface area contributed by atoms with Gasteiger partial charge in [0.25, 0.3) is 0 Å². The van der Waals surface area contributed by atoms with Crippen LogP contribution >= 0.6 is 11.6 Å². The van der Waals surface area contributed by atoms with Crippen molar-refractivity contribution in [1.82, 2.24) is 15.4 Å². The van der Waals surface area contributed by atoms with Crippen LogP contribution in [-0.4, -0.2) is 33.8 Å². The van der Waals surface area contributed by atoms with Crippen LogP contribution in [0.2, 0.25) is 5.02 Å². The second-order valence-corrected chi connectivity index (χ2v) is 7.36. The summed E-state index contributed by atoms with van der Waals surface area (Å²) in [6.07, 6.45) is 5.34. The minimum Gasteiger partial charge on any atom is -0.377 e. The molecule has 1 aromatic heterocycles. The zero-order chi connectivity index (χ0) is 21.3. The largest absolute Gasteiger partial charge is 0.377 e. The molecular formula is C23H24ClN3O3. The van der Waals surface area contributed by atoms with E-state index in [4.69, 9.17) is 21.5 Å². The fourth-order valence-electron chi connectivity index (χ4n) is 3.47. The summed E-state index contributed by atoms with van der Waals surface area (Å²) >= 11 is 6.03. The lowest BCUT2D eigenvalue weighted by atomic mass is 9.85. The number of nitrogens with one attached hydrogen (secondary N) is 1. The molecular weight excluding hydrogens is 402 g/mol. The lowest BCUT2D eigenvalue weighted by Gasteiger charge is -2.27. The monoisotopic (exact) mass is 425 g/mol. The highest BCUT2D eigenvalue weighted by Crippen LogP contribution is 2.30. The molecule has 0 aliphatic carbocycles. The van der Waals surface area contributed by atoms with Crippen LogP contribution in [0.15, 0.2) is 67.3 Å². The molecule has 0 aliphatic heterocycles. The van der Waals surface area contributed by atoms with E-state index in [-0.39, 0.29) is 12.3 Å². The molecule has 30 heavy (non-hydrogen) atoms. The van der Waals surface area contributed by atoms with E-state index in [9.17, 15) is 4.79 Å². The molecule has 0 spiro atoms. The first-order chi connectivity index (χ1) is 14.6. The minimum atomic E-state index is -0.479. The number of carbonyl (C=O) groups excluding carboxylic acids is 1. The van der Waals surface area contributed by atoms with Gasteiger partial charge < -0.3 is 4.74 Å². The Morgan fingerprint density at radius 2 is 1.73 bits per heavy atom. The van der Waals surface area contributed by atoms with Crippen LogP contribution in [0.4, 0.5) is 0 Å². The fourth-order valence-corrected chi connectivity index (χ4v) is 3.60. The first-order valence-electron chi connectivity index (χ1n) is 9.75. The minimum absolute atomic E-state index is 0.0525. The molecule has 1 amide bonds. The Labute approximate surface area is 180 Å². The van der Waals surface area contributed by atoms with Crippen LogP contribution in [0.5, 0.6) is 0 Å². The van der Waals surface area contributed by atoms with E-state index >= 15 is 0 Å². The van der Waals surface area contributed by atoms with Gasteiger partial charge in [0.2, 0.25) is 5.91 Å². The summed E-state index contributed by atoms with van der Waals surface area (Å²) in [5, 5.41) is 9.68. The Balaban J connectivity index is 1.92. The first-order valence-corrected chi connectivity index (χ1v) is 10.1. The maximum absolute atomic E-state index is 11.9. The number of ether oxygens (including phenoxy) is 1. The van der Waals surface area contributed by atoms with E-state index in [1.54, 1.807) is 17.9 Å². The molecule has 3 rings (SSSR count). The van der Waals surface area contributed by atoms with Crippen LogP contribution in [0, 0.1) is 0 Å². The third-order valence-electron chi connectivity index (χ3n) is 4.94. The maximum Gasteiger partial charge on any atom is 0.245 e. The molecule has 0 aliphatic rings. The summed E-state index contributed by atoms with van der Waals surface area (Å²) < 4.78 is 5.92. The smallest absolute Gasteiger partial charge is 0.245 e. The van der Waals surface area contributed by atoms with Gasteiger partial charge in [-0.05, 0) is 42.2 Å². The summed E-state index contributed by atoms with van der Waals surface area (Å²) in [5.41, 5.74) is 5.77. The predicted molar refractivity (Wildman–Crippen MR) is 115 cm³/mol. The highest BCUT2D eigenvalue weighted by Gasteiger charge is 2.26. The van der Waals surface area contributed by atoms with Gasteiger partial charge in [0, 0.05) is 35.5 Å². The second-order valence-electron chi connectivity index (χ2n) is 6.92. The molecule has 2 atom stereocenters. The molecule has 7 heteroatoms. The number of amides is 1. The van der Waals surface area contributed by atoms with Crippen molar-refractivity contribution in [3.8, 4) is 11.1 Å². The van der Waals surface area contributed by atoms with Gasteiger partial charge >= 0.3 is 0 Å². The number of benzene rings is 2. The van der Waals surface area contributed by atoms with Gasteiger partial charge in [-0.15, -0.1) is 0 Å². The van der Waals surface area contributed by atoms with E-state index in [0.29, 0.717) is 18.1 Å². The Morgan fingerprint density at radius 1 is 1.07 bits per heavy atom. The van der Waals surface area contributed by atoms with E-state index in [2.05, 4.69) is 9.97 Å². The van der Waals surface area contributed by atoms with Crippen molar-refractivity contribution in [1.29, 1.82) is 0 Å². The van der Waals surface area contributed by atoms with Gasteiger partial charge in [-0.1, -0.05) is 48.0 Å². The average Bonchev–Trinajstić information content (AvgIpc) is 2.79. The van der Waals surface area contributed by atoms with E-state index in [0.717, 1.165) is 22.3 Å². The van der Waals surface area contributed by atoms with Gasteiger partial charge in [-0.3, -0.25) is 10.0 Å². The molecule has 0 fully saturated rings. The average molecular weight is 426 g/mol. The Kier molecular flexibility index (Phi) is 7.90. The quantitative estimate of drug-likeness (QED) is 0.391. The highest BCUT2D eigenvalue weighted by atomic mass is 35.5. The summed E-state index contributed by atoms with van der Waals surface area (Å²) in [4.78, 5) is 20.0. The number of hydrogen-bond donors (Lipinski definition) is 2. The van der Waals surface area contributed by atoms with Gasteiger partial charge in [-0.25, -0.2) is 15.4 Å². The molecule has 0 bridgehead atoms. The Hall–Kier alpha value is -2.80. The number of hydroxylamine groups is 1. The van der Waals surface area contributed by atoms with Crippen LogP contribution in [0.3, 0.4) is 0 Å². The fraction of sp³-hybridized carbons (Fsp3) is 0.261. The molecule has 0 radical (unpaired) electrons. The number of nitrogens with zero attached hydrogens (tertiary/aromatic N) is 2. The van der Waals surface area contributed by atoms with Gasteiger partial charge in [0.05, 0.1) is 12.5 Å². The van der Waals surface area contributed by atoms with Crippen molar-refractivity contribution in [3.63, 3.8) is 0 Å². The van der Waals surface area contributed by atoms with Gasteiger partial charge in [0.1, 0.15) is 6.33 Å². The number of aromatic nitrogens is 2. The maximum atomic E-state index is 11.9. The number of halogens is 1. The number of rotatable bonds is 9. The van der Waals surface area contributed by atoms with E-state index in [1.807, 2.05) is 55.5 Å².